The first-order valence-corrected chi connectivity index (χ1v) is 10.7. The lowest BCUT2D eigenvalue weighted by Gasteiger charge is -2.32. The van der Waals surface area contributed by atoms with Crippen LogP contribution in [-0.2, 0) is 9.53 Å². The molecule has 0 saturated carbocycles. The van der Waals surface area contributed by atoms with Gasteiger partial charge in [-0.15, -0.1) is 10.2 Å². The van der Waals surface area contributed by atoms with Crippen LogP contribution in [0.1, 0.15) is 37.9 Å². The summed E-state index contributed by atoms with van der Waals surface area (Å²) in [5.74, 6) is 6.79. The number of anilines is 1. The lowest BCUT2D eigenvalue weighted by molar-refractivity contribution is -0.131. The standard InChI is InChI=1S/C26H26FN3O3/c1-4-5-6-25(19(2)27)33-24-15-17-30(18-16-24)26-14-11-22(28-29-26)10-7-21-8-12-23(13-9-21)32-20(3)31/h4-6,8-9,11-14,24H,1,15-18H2,2-3H3/b6-5-,25-19-. The third kappa shape index (κ3) is 7.32. The Hall–Kier alpha value is -3.92. The van der Waals surface area contributed by atoms with Crippen LogP contribution >= 0.6 is 0 Å². The predicted octanol–water partition coefficient (Wildman–Crippen LogP) is 4.73. The van der Waals surface area contributed by atoms with E-state index < -0.39 is 0 Å². The van der Waals surface area contributed by atoms with Gasteiger partial charge >= 0.3 is 5.97 Å². The lowest BCUT2D eigenvalue weighted by Crippen LogP contribution is -2.37. The van der Waals surface area contributed by atoms with Crippen LogP contribution in [0, 0.1) is 11.8 Å². The van der Waals surface area contributed by atoms with E-state index in [2.05, 4.69) is 33.5 Å². The Labute approximate surface area is 193 Å². The van der Waals surface area contributed by atoms with Crippen LogP contribution in [0.15, 0.2) is 72.8 Å². The molecule has 0 bridgehead atoms. The average molecular weight is 448 g/mol. The maximum Gasteiger partial charge on any atom is 0.308 e. The van der Waals surface area contributed by atoms with E-state index in [0.717, 1.165) is 37.3 Å². The second-order valence-electron chi connectivity index (χ2n) is 7.44. The fourth-order valence-corrected chi connectivity index (χ4v) is 3.24. The van der Waals surface area contributed by atoms with E-state index in [1.807, 2.05) is 12.1 Å². The first-order chi connectivity index (χ1) is 15.9. The third-order valence-corrected chi connectivity index (χ3v) is 4.88. The van der Waals surface area contributed by atoms with Gasteiger partial charge in [0.25, 0.3) is 0 Å². The van der Waals surface area contributed by atoms with Crippen molar-refractivity contribution < 1.29 is 18.7 Å². The Bertz CT molecular complexity index is 1080. The normalized spacial score (nSPS) is 14.8. The number of halogens is 1. The Morgan fingerprint density at radius 2 is 1.85 bits per heavy atom. The molecule has 0 radical (unpaired) electrons. The summed E-state index contributed by atoms with van der Waals surface area (Å²) in [4.78, 5) is 13.1. The predicted molar refractivity (Wildman–Crippen MR) is 125 cm³/mol. The van der Waals surface area contributed by atoms with Crippen molar-refractivity contribution in [1.29, 1.82) is 0 Å². The molecule has 1 aliphatic heterocycles. The van der Waals surface area contributed by atoms with Gasteiger partial charge in [-0.3, -0.25) is 4.79 Å². The number of allylic oxidation sites excluding steroid dienone is 4. The van der Waals surface area contributed by atoms with Crippen molar-refractivity contribution >= 4 is 11.8 Å². The maximum absolute atomic E-state index is 13.7. The molecular formula is C26H26FN3O3. The molecule has 2 aromatic rings. The number of carbonyl (C=O) groups excluding carboxylic acids is 1. The van der Waals surface area contributed by atoms with Gasteiger partial charge in [-0.2, -0.15) is 0 Å². The zero-order chi connectivity index (χ0) is 23.6. The Kier molecular flexibility index (Phi) is 8.36. The van der Waals surface area contributed by atoms with Crippen LogP contribution in [0.2, 0.25) is 0 Å². The smallest absolute Gasteiger partial charge is 0.308 e. The number of rotatable bonds is 6. The van der Waals surface area contributed by atoms with E-state index in [4.69, 9.17) is 9.47 Å². The van der Waals surface area contributed by atoms with Crippen molar-refractivity contribution in [3.8, 4) is 17.6 Å². The number of aromatic nitrogens is 2. The zero-order valence-electron chi connectivity index (χ0n) is 18.8. The Morgan fingerprint density at radius 3 is 2.42 bits per heavy atom. The summed E-state index contributed by atoms with van der Waals surface area (Å²) in [6.07, 6.45) is 6.29. The van der Waals surface area contributed by atoms with Crippen LogP contribution in [0.5, 0.6) is 5.75 Å². The van der Waals surface area contributed by atoms with Gasteiger partial charge in [0, 0.05) is 38.4 Å². The largest absolute Gasteiger partial charge is 0.488 e. The Balaban J connectivity index is 1.55. The summed E-state index contributed by atoms with van der Waals surface area (Å²) >= 11 is 0. The van der Waals surface area contributed by atoms with E-state index in [1.54, 1.807) is 42.5 Å². The molecule has 1 fully saturated rings. The molecule has 0 aliphatic carbocycles. The number of benzene rings is 1. The number of piperidine rings is 1. The number of esters is 1. The quantitative estimate of drug-likeness (QED) is 0.210. The molecule has 1 aliphatic rings. The fourth-order valence-electron chi connectivity index (χ4n) is 3.24. The summed E-state index contributed by atoms with van der Waals surface area (Å²) in [5.41, 5.74) is 1.34. The highest BCUT2D eigenvalue weighted by Crippen LogP contribution is 2.23. The topological polar surface area (TPSA) is 64.6 Å². The van der Waals surface area contributed by atoms with Crippen LogP contribution < -0.4 is 9.64 Å². The summed E-state index contributed by atoms with van der Waals surface area (Å²) in [6, 6.07) is 10.7. The van der Waals surface area contributed by atoms with E-state index in [0.29, 0.717) is 11.4 Å². The summed E-state index contributed by atoms with van der Waals surface area (Å²) in [7, 11) is 0. The Morgan fingerprint density at radius 1 is 1.12 bits per heavy atom. The number of ether oxygens (including phenoxy) is 2. The zero-order valence-corrected chi connectivity index (χ0v) is 18.8. The van der Waals surface area contributed by atoms with Crippen molar-refractivity contribution in [3.05, 3.63) is 84.0 Å². The molecule has 1 saturated heterocycles. The molecule has 3 rings (SSSR count). The van der Waals surface area contributed by atoms with Crippen LogP contribution in [0.4, 0.5) is 10.2 Å². The number of nitrogens with zero attached hydrogens (tertiary/aromatic N) is 3. The molecule has 6 nitrogen and oxygen atoms in total. The highest BCUT2D eigenvalue weighted by Gasteiger charge is 2.22. The van der Waals surface area contributed by atoms with E-state index >= 15 is 0 Å². The maximum atomic E-state index is 13.7. The van der Waals surface area contributed by atoms with E-state index in [1.165, 1.54) is 13.8 Å². The molecule has 0 N–H and O–H groups in total. The second-order valence-corrected chi connectivity index (χ2v) is 7.44. The van der Waals surface area contributed by atoms with Crippen molar-refractivity contribution in [2.75, 3.05) is 18.0 Å². The van der Waals surface area contributed by atoms with Gasteiger partial charge in [-0.25, -0.2) is 4.39 Å². The van der Waals surface area contributed by atoms with Gasteiger partial charge in [0.2, 0.25) is 0 Å². The molecule has 0 unspecified atom stereocenters. The monoisotopic (exact) mass is 447 g/mol. The minimum Gasteiger partial charge on any atom is -0.488 e. The van der Waals surface area contributed by atoms with Gasteiger partial charge in [0.05, 0.1) is 0 Å². The molecule has 1 aromatic carbocycles. The van der Waals surface area contributed by atoms with Crippen molar-refractivity contribution in [1.82, 2.24) is 10.2 Å². The summed E-state index contributed by atoms with van der Waals surface area (Å²) in [5, 5.41) is 8.51. The lowest BCUT2D eigenvalue weighted by atomic mass is 10.1. The van der Waals surface area contributed by atoms with Crippen LogP contribution in [0.3, 0.4) is 0 Å². The van der Waals surface area contributed by atoms with Crippen LogP contribution in [0.25, 0.3) is 0 Å². The van der Waals surface area contributed by atoms with Crippen LogP contribution in [-0.4, -0.2) is 35.4 Å². The molecule has 1 aromatic heterocycles. The molecule has 0 amide bonds. The van der Waals surface area contributed by atoms with Gasteiger partial charge in [-0.05, 0) is 55.3 Å². The summed E-state index contributed by atoms with van der Waals surface area (Å²) in [6.45, 7) is 7.82. The molecule has 0 spiro atoms. The van der Waals surface area contributed by atoms with E-state index in [-0.39, 0.29) is 23.7 Å². The molecule has 0 atom stereocenters. The van der Waals surface area contributed by atoms with Crippen molar-refractivity contribution in [3.63, 3.8) is 0 Å². The van der Waals surface area contributed by atoms with Gasteiger partial charge < -0.3 is 14.4 Å². The second kappa shape index (κ2) is 11.6. The highest BCUT2D eigenvalue weighted by atomic mass is 19.1. The molecule has 170 valence electrons. The number of hydrogen-bond donors (Lipinski definition) is 0. The van der Waals surface area contributed by atoms with Gasteiger partial charge in [-0.1, -0.05) is 24.7 Å². The first kappa shape index (κ1) is 23.7. The van der Waals surface area contributed by atoms with Crippen molar-refractivity contribution in [2.24, 2.45) is 0 Å². The van der Waals surface area contributed by atoms with E-state index in [9.17, 15) is 9.18 Å². The molecule has 33 heavy (non-hydrogen) atoms. The average Bonchev–Trinajstić information content (AvgIpc) is 2.81. The highest BCUT2D eigenvalue weighted by molar-refractivity contribution is 5.69. The number of carbonyl (C=O) groups is 1. The van der Waals surface area contributed by atoms with Crippen molar-refractivity contribution in [2.45, 2.75) is 32.8 Å². The molecular weight excluding hydrogens is 421 g/mol. The molecule has 7 heteroatoms. The fraction of sp³-hybridized carbons (Fsp3) is 0.269. The number of hydrogen-bond acceptors (Lipinski definition) is 6. The minimum absolute atomic E-state index is 0.0539. The minimum atomic E-state index is -0.363. The van der Waals surface area contributed by atoms with Gasteiger partial charge in [0.1, 0.15) is 23.4 Å². The SMILES string of the molecule is C=C/C=C\C(OC1CCN(c2ccc(C#Cc3ccc(OC(C)=O)cc3)nn2)CC1)=C(/C)F. The van der Waals surface area contributed by atoms with Gasteiger partial charge in [0.15, 0.2) is 11.6 Å². The molecule has 2 heterocycles. The first-order valence-electron chi connectivity index (χ1n) is 10.7. The summed E-state index contributed by atoms with van der Waals surface area (Å²) < 4.78 is 24.5. The third-order valence-electron chi connectivity index (χ3n) is 4.88.